The Hall–Kier alpha value is -2.04. The van der Waals surface area contributed by atoms with Crippen LogP contribution in [-0.2, 0) is 25.5 Å². The van der Waals surface area contributed by atoms with Gasteiger partial charge in [0.15, 0.2) is 6.10 Å². The SMILES string of the molecule is COC(=O)Cc1ccccc1OC1CCOC1=O. The van der Waals surface area contributed by atoms with E-state index < -0.39 is 6.10 Å². The highest BCUT2D eigenvalue weighted by molar-refractivity contribution is 5.77. The quantitative estimate of drug-likeness (QED) is 0.749. The van der Waals surface area contributed by atoms with Crippen molar-refractivity contribution in [2.75, 3.05) is 13.7 Å². The lowest BCUT2D eigenvalue weighted by Gasteiger charge is -2.13. The zero-order valence-corrected chi connectivity index (χ0v) is 10.0. The lowest BCUT2D eigenvalue weighted by atomic mass is 10.1. The lowest BCUT2D eigenvalue weighted by Crippen LogP contribution is -2.22. The number of benzene rings is 1. The average Bonchev–Trinajstić information content (AvgIpc) is 2.77. The van der Waals surface area contributed by atoms with Crippen LogP contribution in [0, 0.1) is 0 Å². The number of esters is 2. The highest BCUT2D eigenvalue weighted by atomic mass is 16.6. The molecule has 1 aromatic carbocycles. The van der Waals surface area contributed by atoms with Crippen molar-refractivity contribution in [3.63, 3.8) is 0 Å². The van der Waals surface area contributed by atoms with Crippen LogP contribution in [0.2, 0.25) is 0 Å². The molecule has 0 amide bonds. The van der Waals surface area contributed by atoms with Crippen molar-refractivity contribution in [3.05, 3.63) is 29.8 Å². The molecule has 2 rings (SSSR count). The third-order valence-corrected chi connectivity index (χ3v) is 2.69. The normalized spacial score (nSPS) is 18.3. The van der Waals surface area contributed by atoms with Gasteiger partial charge in [0.2, 0.25) is 0 Å². The van der Waals surface area contributed by atoms with Gasteiger partial charge < -0.3 is 14.2 Å². The standard InChI is InChI=1S/C13H14O5/c1-16-12(14)8-9-4-2-3-5-10(9)18-11-6-7-17-13(11)15/h2-5,11H,6-8H2,1H3. The number of methoxy groups -OCH3 is 1. The summed E-state index contributed by atoms with van der Waals surface area (Å²) in [6.45, 7) is 0.378. The van der Waals surface area contributed by atoms with E-state index in [1.807, 2.05) is 0 Å². The predicted octanol–water partition coefficient (Wildman–Crippen LogP) is 1.10. The van der Waals surface area contributed by atoms with E-state index in [1.54, 1.807) is 24.3 Å². The highest BCUT2D eigenvalue weighted by Crippen LogP contribution is 2.23. The molecule has 0 aromatic heterocycles. The monoisotopic (exact) mass is 250 g/mol. The smallest absolute Gasteiger partial charge is 0.347 e. The molecule has 1 aliphatic rings. The number of para-hydroxylation sites is 1. The average molecular weight is 250 g/mol. The first-order valence-electron chi connectivity index (χ1n) is 5.68. The minimum absolute atomic E-state index is 0.119. The van der Waals surface area contributed by atoms with E-state index in [0.29, 0.717) is 24.3 Å². The summed E-state index contributed by atoms with van der Waals surface area (Å²) in [7, 11) is 1.33. The van der Waals surface area contributed by atoms with Gasteiger partial charge >= 0.3 is 11.9 Å². The summed E-state index contributed by atoms with van der Waals surface area (Å²) in [5.74, 6) is -0.185. The molecular formula is C13H14O5. The van der Waals surface area contributed by atoms with Gasteiger partial charge in [0, 0.05) is 12.0 Å². The first kappa shape index (κ1) is 12.4. The van der Waals surface area contributed by atoms with Gasteiger partial charge in [-0.2, -0.15) is 0 Å². The minimum atomic E-state index is -0.580. The molecule has 1 aliphatic heterocycles. The summed E-state index contributed by atoms with van der Waals surface area (Å²) in [5, 5.41) is 0. The Labute approximate surface area is 105 Å². The largest absolute Gasteiger partial charge is 0.478 e. The van der Waals surface area contributed by atoms with Crippen molar-refractivity contribution in [2.45, 2.75) is 18.9 Å². The number of carbonyl (C=O) groups excluding carboxylic acids is 2. The van der Waals surface area contributed by atoms with E-state index in [9.17, 15) is 9.59 Å². The number of ether oxygens (including phenoxy) is 3. The maximum Gasteiger partial charge on any atom is 0.347 e. The second kappa shape index (κ2) is 5.53. The van der Waals surface area contributed by atoms with Crippen LogP contribution in [0.15, 0.2) is 24.3 Å². The van der Waals surface area contributed by atoms with Crippen molar-refractivity contribution in [2.24, 2.45) is 0 Å². The lowest BCUT2D eigenvalue weighted by molar-refractivity contribution is -0.143. The van der Waals surface area contributed by atoms with E-state index in [-0.39, 0.29) is 18.4 Å². The van der Waals surface area contributed by atoms with Gasteiger partial charge in [0.1, 0.15) is 5.75 Å². The fourth-order valence-corrected chi connectivity index (χ4v) is 1.73. The number of hydrogen-bond donors (Lipinski definition) is 0. The van der Waals surface area contributed by atoms with E-state index in [0.717, 1.165) is 0 Å². The van der Waals surface area contributed by atoms with Gasteiger partial charge in [-0.05, 0) is 6.07 Å². The molecule has 1 atom stereocenters. The predicted molar refractivity (Wildman–Crippen MR) is 62.2 cm³/mol. The molecule has 0 bridgehead atoms. The van der Waals surface area contributed by atoms with Crippen LogP contribution < -0.4 is 4.74 Å². The molecule has 1 fully saturated rings. The van der Waals surface area contributed by atoms with Gasteiger partial charge in [-0.25, -0.2) is 4.79 Å². The molecular weight excluding hydrogens is 236 g/mol. The fraction of sp³-hybridized carbons (Fsp3) is 0.385. The molecule has 0 radical (unpaired) electrons. The number of cyclic esters (lactones) is 1. The molecule has 0 aliphatic carbocycles. The molecule has 1 saturated heterocycles. The molecule has 0 spiro atoms. The Morgan fingerprint density at radius 3 is 2.89 bits per heavy atom. The van der Waals surface area contributed by atoms with Crippen molar-refractivity contribution >= 4 is 11.9 Å². The molecule has 0 N–H and O–H groups in total. The van der Waals surface area contributed by atoms with Crippen LogP contribution in [-0.4, -0.2) is 31.8 Å². The molecule has 96 valence electrons. The summed E-state index contributed by atoms with van der Waals surface area (Å²) in [4.78, 5) is 22.6. The van der Waals surface area contributed by atoms with Crippen LogP contribution in [0.3, 0.4) is 0 Å². The Morgan fingerprint density at radius 1 is 1.44 bits per heavy atom. The van der Waals surface area contributed by atoms with Gasteiger partial charge in [-0.15, -0.1) is 0 Å². The van der Waals surface area contributed by atoms with Crippen molar-refractivity contribution in [1.29, 1.82) is 0 Å². The summed E-state index contributed by atoms with van der Waals surface area (Å²) in [6, 6.07) is 7.09. The topological polar surface area (TPSA) is 61.8 Å². The third kappa shape index (κ3) is 2.80. The number of carbonyl (C=O) groups is 2. The molecule has 18 heavy (non-hydrogen) atoms. The Morgan fingerprint density at radius 2 is 2.22 bits per heavy atom. The molecule has 1 heterocycles. The number of rotatable bonds is 4. The van der Waals surface area contributed by atoms with Crippen LogP contribution in [0.25, 0.3) is 0 Å². The third-order valence-electron chi connectivity index (χ3n) is 2.69. The van der Waals surface area contributed by atoms with Gasteiger partial charge in [0.05, 0.1) is 20.1 Å². The fourth-order valence-electron chi connectivity index (χ4n) is 1.73. The Bertz CT molecular complexity index is 454. The molecule has 5 heteroatoms. The molecule has 1 aromatic rings. The Kier molecular flexibility index (Phi) is 3.82. The van der Waals surface area contributed by atoms with Crippen molar-refractivity contribution in [1.82, 2.24) is 0 Å². The maximum absolute atomic E-state index is 11.3. The van der Waals surface area contributed by atoms with Crippen LogP contribution >= 0.6 is 0 Å². The first-order valence-corrected chi connectivity index (χ1v) is 5.68. The van der Waals surface area contributed by atoms with Crippen molar-refractivity contribution < 1.29 is 23.8 Å². The zero-order valence-electron chi connectivity index (χ0n) is 10.0. The van der Waals surface area contributed by atoms with Gasteiger partial charge in [-0.1, -0.05) is 18.2 Å². The summed E-state index contributed by atoms with van der Waals surface area (Å²) >= 11 is 0. The van der Waals surface area contributed by atoms with Gasteiger partial charge in [-0.3, -0.25) is 4.79 Å². The van der Waals surface area contributed by atoms with Crippen LogP contribution in [0.5, 0.6) is 5.75 Å². The zero-order chi connectivity index (χ0) is 13.0. The number of hydrogen-bond acceptors (Lipinski definition) is 5. The molecule has 0 saturated carbocycles. The van der Waals surface area contributed by atoms with Crippen LogP contribution in [0.4, 0.5) is 0 Å². The van der Waals surface area contributed by atoms with Crippen LogP contribution in [0.1, 0.15) is 12.0 Å². The van der Waals surface area contributed by atoms with E-state index in [4.69, 9.17) is 9.47 Å². The van der Waals surface area contributed by atoms with E-state index in [2.05, 4.69) is 4.74 Å². The summed E-state index contributed by atoms with van der Waals surface area (Å²) in [6.07, 6.45) is 0.0728. The summed E-state index contributed by atoms with van der Waals surface area (Å²) in [5.41, 5.74) is 0.698. The van der Waals surface area contributed by atoms with Gasteiger partial charge in [0.25, 0.3) is 0 Å². The van der Waals surface area contributed by atoms with Crippen molar-refractivity contribution in [3.8, 4) is 5.75 Å². The second-order valence-electron chi connectivity index (χ2n) is 3.92. The molecule has 1 unspecified atom stereocenters. The molecule has 5 nitrogen and oxygen atoms in total. The van der Waals surface area contributed by atoms with E-state index >= 15 is 0 Å². The first-order chi connectivity index (χ1) is 8.70. The summed E-state index contributed by atoms with van der Waals surface area (Å²) < 4.78 is 15.0. The minimum Gasteiger partial charge on any atom is -0.478 e. The Balaban J connectivity index is 2.11. The van der Waals surface area contributed by atoms with E-state index in [1.165, 1.54) is 7.11 Å². The second-order valence-corrected chi connectivity index (χ2v) is 3.92. The maximum atomic E-state index is 11.3. The highest BCUT2D eigenvalue weighted by Gasteiger charge is 2.29.